The van der Waals surface area contributed by atoms with Crippen LogP contribution in [0.1, 0.15) is 59.2 Å². The number of amides is 2. The zero-order valence-electron chi connectivity index (χ0n) is 18.3. The maximum Gasteiger partial charge on any atom is 0.280 e. The molecule has 0 aromatic heterocycles. The second-order valence-corrected chi connectivity index (χ2v) is 8.45. The third-order valence-corrected chi connectivity index (χ3v) is 6.01. The molecule has 7 nitrogen and oxygen atoms in total. The Kier molecular flexibility index (Phi) is 7.38. The van der Waals surface area contributed by atoms with Crippen LogP contribution in [-0.2, 0) is 0 Å². The molecule has 4 N–H and O–H groups in total. The van der Waals surface area contributed by atoms with Crippen LogP contribution in [0.25, 0.3) is 0 Å². The minimum atomic E-state index is -0.287. The lowest BCUT2D eigenvalue weighted by Gasteiger charge is -2.16. The summed E-state index contributed by atoms with van der Waals surface area (Å²) in [6, 6.07) is 14.6. The summed E-state index contributed by atoms with van der Waals surface area (Å²) in [5.41, 5.74) is 2.81. The van der Waals surface area contributed by atoms with Crippen molar-refractivity contribution in [2.24, 2.45) is 10.9 Å². The molecule has 4 rings (SSSR count). The van der Waals surface area contributed by atoms with Gasteiger partial charge in [-0.3, -0.25) is 9.59 Å². The molecule has 7 heteroatoms. The summed E-state index contributed by atoms with van der Waals surface area (Å²) >= 11 is 0. The summed E-state index contributed by atoms with van der Waals surface area (Å²) in [6.07, 6.45) is 7.31. The van der Waals surface area contributed by atoms with E-state index < -0.39 is 0 Å². The van der Waals surface area contributed by atoms with Crippen LogP contribution in [0.4, 0.5) is 11.4 Å². The molecule has 168 valence electrons. The summed E-state index contributed by atoms with van der Waals surface area (Å²) in [5.74, 6) is 0.961. The van der Waals surface area contributed by atoms with Gasteiger partial charge in [-0.1, -0.05) is 31.7 Å². The zero-order valence-corrected chi connectivity index (χ0v) is 18.3. The van der Waals surface area contributed by atoms with Crippen LogP contribution < -0.4 is 21.3 Å². The fraction of sp³-hybridized carbons (Fsp3) is 0.400. The van der Waals surface area contributed by atoms with Crippen molar-refractivity contribution in [1.82, 2.24) is 16.0 Å². The largest absolute Gasteiger partial charge is 0.356 e. The predicted molar refractivity (Wildman–Crippen MR) is 127 cm³/mol. The highest BCUT2D eigenvalue weighted by Gasteiger charge is 2.15. The molecule has 0 bridgehead atoms. The molecule has 0 radical (unpaired) electrons. The highest BCUT2D eigenvalue weighted by Crippen LogP contribution is 2.27. The molecule has 1 saturated carbocycles. The quantitative estimate of drug-likeness (QED) is 0.533. The minimum Gasteiger partial charge on any atom is -0.356 e. The van der Waals surface area contributed by atoms with Gasteiger partial charge in [0, 0.05) is 42.1 Å². The van der Waals surface area contributed by atoms with Crippen LogP contribution in [0.3, 0.4) is 0 Å². The molecule has 0 unspecified atom stereocenters. The lowest BCUT2D eigenvalue weighted by atomic mass is 10.0. The van der Waals surface area contributed by atoms with E-state index >= 15 is 0 Å². The van der Waals surface area contributed by atoms with Crippen molar-refractivity contribution in [2.75, 3.05) is 25.0 Å². The number of nitrogens with zero attached hydrogens (tertiary/aromatic N) is 1. The van der Waals surface area contributed by atoms with Crippen LogP contribution in [-0.4, -0.2) is 37.4 Å². The number of hydrogen-bond acceptors (Lipinski definition) is 3. The number of aliphatic imine (C=N–C) groups is 1. The van der Waals surface area contributed by atoms with Gasteiger partial charge in [0.1, 0.15) is 0 Å². The van der Waals surface area contributed by atoms with Crippen LogP contribution in [0.5, 0.6) is 0 Å². The number of rotatable bonds is 7. The normalized spacial score (nSPS) is 16.1. The van der Waals surface area contributed by atoms with Gasteiger partial charge in [0.05, 0.1) is 0 Å². The SMILES string of the molecule is O=C(N=C1NCCCN1)c1ccc(Nc2cccc(C(=O)NCCC3CCCC3)c2)cc1. The lowest BCUT2D eigenvalue weighted by molar-refractivity contribution is 0.0950. The fourth-order valence-corrected chi connectivity index (χ4v) is 4.20. The molecular formula is C25H31N5O2. The first-order valence-corrected chi connectivity index (χ1v) is 11.5. The van der Waals surface area contributed by atoms with Crippen LogP contribution >= 0.6 is 0 Å². The Labute approximate surface area is 189 Å². The van der Waals surface area contributed by atoms with E-state index in [1.54, 1.807) is 12.1 Å². The van der Waals surface area contributed by atoms with Gasteiger partial charge in [-0.25, -0.2) is 0 Å². The molecular weight excluding hydrogens is 402 g/mol. The van der Waals surface area contributed by atoms with E-state index in [1.165, 1.54) is 25.7 Å². The van der Waals surface area contributed by atoms with E-state index in [0.717, 1.165) is 49.8 Å². The third-order valence-electron chi connectivity index (χ3n) is 6.01. The maximum absolute atomic E-state index is 12.5. The summed E-state index contributed by atoms with van der Waals surface area (Å²) in [7, 11) is 0. The smallest absolute Gasteiger partial charge is 0.280 e. The number of carbonyl (C=O) groups is 2. The molecule has 2 fully saturated rings. The molecule has 2 aromatic carbocycles. The molecule has 1 aliphatic heterocycles. The summed E-state index contributed by atoms with van der Waals surface area (Å²) in [4.78, 5) is 28.9. The van der Waals surface area contributed by atoms with Gasteiger partial charge in [0.15, 0.2) is 5.96 Å². The van der Waals surface area contributed by atoms with E-state index in [-0.39, 0.29) is 11.8 Å². The van der Waals surface area contributed by atoms with E-state index in [0.29, 0.717) is 17.1 Å². The van der Waals surface area contributed by atoms with Crippen molar-refractivity contribution in [1.29, 1.82) is 0 Å². The van der Waals surface area contributed by atoms with Crippen molar-refractivity contribution in [3.8, 4) is 0 Å². The van der Waals surface area contributed by atoms with Gasteiger partial charge >= 0.3 is 0 Å². The van der Waals surface area contributed by atoms with Gasteiger partial charge in [0.25, 0.3) is 11.8 Å². The molecule has 0 spiro atoms. The molecule has 32 heavy (non-hydrogen) atoms. The third kappa shape index (κ3) is 6.09. The first-order valence-electron chi connectivity index (χ1n) is 11.5. The number of carbonyl (C=O) groups excluding carboxylic acids is 2. The van der Waals surface area contributed by atoms with Crippen molar-refractivity contribution in [2.45, 2.75) is 38.5 Å². The van der Waals surface area contributed by atoms with Gasteiger partial charge < -0.3 is 21.3 Å². The number of anilines is 2. The number of benzene rings is 2. The molecule has 1 saturated heterocycles. The number of nitrogens with one attached hydrogen (secondary N) is 4. The first-order chi connectivity index (χ1) is 15.7. The monoisotopic (exact) mass is 433 g/mol. The van der Waals surface area contributed by atoms with E-state index in [9.17, 15) is 9.59 Å². The van der Waals surface area contributed by atoms with Crippen LogP contribution in [0.15, 0.2) is 53.5 Å². The van der Waals surface area contributed by atoms with Crippen LogP contribution in [0, 0.1) is 5.92 Å². The molecule has 1 aliphatic carbocycles. The van der Waals surface area contributed by atoms with Crippen LogP contribution in [0.2, 0.25) is 0 Å². The molecule has 0 atom stereocenters. The standard InChI is InChI=1S/C25H31N5O2/c31-23(26-16-13-18-5-1-2-6-18)20-7-3-8-22(17-20)29-21-11-9-19(10-12-21)24(32)30-25-27-14-4-15-28-25/h3,7-12,17-18,29H,1-2,4-6,13-16H2,(H,26,31)(H2,27,28,30,32). The average Bonchev–Trinajstić information content (AvgIpc) is 3.34. The van der Waals surface area contributed by atoms with Gasteiger partial charge in [0.2, 0.25) is 0 Å². The highest BCUT2D eigenvalue weighted by atomic mass is 16.2. The molecule has 2 aromatic rings. The van der Waals surface area contributed by atoms with Crippen molar-refractivity contribution in [3.63, 3.8) is 0 Å². The first kappa shape index (κ1) is 21.9. The van der Waals surface area contributed by atoms with Crippen molar-refractivity contribution >= 4 is 29.1 Å². The van der Waals surface area contributed by atoms with E-state index in [1.807, 2.05) is 36.4 Å². The second-order valence-electron chi connectivity index (χ2n) is 8.45. The Bertz CT molecular complexity index is 957. The zero-order chi connectivity index (χ0) is 22.2. The molecule has 1 heterocycles. The Morgan fingerprint density at radius 3 is 2.41 bits per heavy atom. The minimum absolute atomic E-state index is 0.0448. The summed E-state index contributed by atoms with van der Waals surface area (Å²) < 4.78 is 0. The van der Waals surface area contributed by atoms with Crippen molar-refractivity contribution < 1.29 is 9.59 Å². The lowest BCUT2D eigenvalue weighted by Crippen LogP contribution is -2.44. The predicted octanol–water partition coefficient (Wildman–Crippen LogP) is 3.82. The second kappa shape index (κ2) is 10.8. The Balaban J connectivity index is 1.31. The average molecular weight is 434 g/mol. The Morgan fingerprint density at radius 2 is 1.66 bits per heavy atom. The molecule has 2 amide bonds. The van der Waals surface area contributed by atoms with Crippen molar-refractivity contribution in [3.05, 3.63) is 59.7 Å². The van der Waals surface area contributed by atoms with Gasteiger partial charge in [-0.2, -0.15) is 4.99 Å². The molecule has 2 aliphatic rings. The summed E-state index contributed by atoms with van der Waals surface area (Å²) in [5, 5.41) is 12.5. The Morgan fingerprint density at radius 1 is 0.906 bits per heavy atom. The van der Waals surface area contributed by atoms with Gasteiger partial charge in [-0.05, 0) is 61.2 Å². The fourth-order valence-electron chi connectivity index (χ4n) is 4.20. The number of hydrogen-bond donors (Lipinski definition) is 4. The van der Waals surface area contributed by atoms with E-state index in [2.05, 4.69) is 26.3 Å². The highest BCUT2D eigenvalue weighted by molar-refractivity contribution is 6.03. The Hall–Kier alpha value is -3.35. The topological polar surface area (TPSA) is 94.6 Å². The maximum atomic E-state index is 12.5. The van der Waals surface area contributed by atoms with Gasteiger partial charge in [-0.15, -0.1) is 0 Å². The van der Waals surface area contributed by atoms with E-state index in [4.69, 9.17) is 0 Å². The number of guanidine groups is 1. The summed E-state index contributed by atoms with van der Waals surface area (Å²) in [6.45, 7) is 2.37.